The maximum Gasteiger partial charge on any atom is 0 e. The molecule has 1 nitrogen and oxygen atoms in total. The van der Waals surface area contributed by atoms with Gasteiger partial charge < -0.3 is 6.15 Å². The van der Waals surface area contributed by atoms with Crippen LogP contribution in [0, 0.1) is 0 Å². The predicted molar refractivity (Wildman–Crippen MR) is 22.5 cm³/mol. The summed E-state index contributed by atoms with van der Waals surface area (Å²) in [5.41, 5.74) is 0. The first-order valence-corrected chi connectivity index (χ1v) is 0. The molecule has 0 aliphatic heterocycles. The molecular weight excluding hydrogens is 239 g/mol. The molecule has 0 amide bonds. The fraction of sp³-hybridized carbons (Fsp3) is 0. The quantitative estimate of drug-likeness (QED) is 0.515. The topological polar surface area (TPSA) is 33.5 Å². The van der Waals surface area contributed by atoms with Crippen molar-refractivity contribution in [2.45, 2.75) is 0 Å². The molecule has 0 saturated heterocycles. The minimum absolute atomic E-state index is 0. The SMILES string of the molecule is [B].[B].[B].[Ir].[NH2-]. The van der Waals surface area contributed by atoms with Crippen LogP contribution in [0.2, 0.25) is 0 Å². The molecule has 0 heterocycles. The standard InChI is InChI=1S/3B.Ir.H2N/h;;;;1H2/q;;;;-1. The molecule has 2 N–H and O–H groups in total. The number of hydrogen-bond acceptors (Lipinski definition) is 0. The van der Waals surface area contributed by atoms with Gasteiger partial charge >= 0.3 is 0 Å². The summed E-state index contributed by atoms with van der Waals surface area (Å²) in [4.78, 5) is 0. The molecular formula is H2B3IrN-. The average Bonchev–Trinajstić information content (AvgIpc) is 0. The second kappa shape index (κ2) is 108. The first-order chi connectivity index (χ1) is 0. The first-order valence-electron chi connectivity index (χ1n) is 0. The summed E-state index contributed by atoms with van der Waals surface area (Å²) < 4.78 is 0. The van der Waals surface area contributed by atoms with Crippen LogP contribution in [0.25, 0.3) is 6.15 Å². The smallest absolute Gasteiger partial charge is 0 e. The third-order valence-corrected chi connectivity index (χ3v) is 0. The molecule has 0 fully saturated rings. The molecule has 10 radical (unpaired) electrons. The molecule has 0 aromatic heterocycles. The van der Waals surface area contributed by atoms with Crippen LogP contribution in [0.15, 0.2) is 0 Å². The van der Waals surface area contributed by atoms with Crippen LogP contribution in [0.1, 0.15) is 0 Å². The van der Waals surface area contributed by atoms with Crippen LogP contribution < -0.4 is 0 Å². The van der Waals surface area contributed by atoms with Gasteiger partial charge in [0, 0.05) is 45.3 Å². The molecule has 0 aliphatic carbocycles. The summed E-state index contributed by atoms with van der Waals surface area (Å²) in [6, 6.07) is 0. The van der Waals surface area contributed by atoms with Gasteiger partial charge in [-0.05, 0) is 0 Å². The van der Waals surface area contributed by atoms with Crippen LogP contribution in [-0.2, 0) is 20.1 Å². The Hall–Kier alpha value is 0.804. The third kappa shape index (κ3) is 58.4. The van der Waals surface area contributed by atoms with E-state index in [1.165, 1.54) is 0 Å². The number of nitrogens with two attached hydrogens (primary N) is 1. The molecule has 26 valence electrons. The number of hydrogen-bond donors (Lipinski definition) is 0. The summed E-state index contributed by atoms with van der Waals surface area (Å²) >= 11 is 0. The van der Waals surface area contributed by atoms with Crippen molar-refractivity contribution < 1.29 is 20.1 Å². The van der Waals surface area contributed by atoms with Crippen LogP contribution in [0.4, 0.5) is 0 Å². The number of rotatable bonds is 0. The molecule has 0 aliphatic rings. The van der Waals surface area contributed by atoms with Gasteiger partial charge in [-0.15, -0.1) is 0 Å². The van der Waals surface area contributed by atoms with Crippen molar-refractivity contribution in [2.75, 3.05) is 0 Å². The van der Waals surface area contributed by atoms with Crippen LogP contribution >= 0.6 is 0 Å². The molecule has 0 unspecified atom stereocenters. The summed E-state index contributed by atoms with van der Waals surface area (Å²) in [7, 11) is 0. The molecule has 0 atom stereocenters. The Balaban J connectivity index is 0. The molecule has 0 aromatic carbocycles. The zero-order chi connectivity index (χ0) is 0. The summed E-state index contributed by atoms with van der Waals surface area (Å²) in [5, 5.41) is 0. The van der Waals surface area contributed by atoms with Gasteiger partial charge in [0.1, 0.15) is 0 Å². The Bertz CT molecular complexity index is 6.85. The molecule has 5 heavy (non-hydrogen) atoms. The van der Waals surface area contributed by atoms with Crippen molar-refractivity contribution in [2.24, 2.45) is 0 Å². The molecule has 0 aromatic rings. The Morgan fingerprint density at radius 1 is 0.600 bits per heavy atom. The fourth-order valence-electron chi connectivity index (χ4n) is 0. The Kier molecular flexibility index (Phi) is 4450. The van der Waals surface area contributed by atoms with Gasteiger partial charge in [0.05, 0.1) is 0 Å². The van der Waals surface area contributed by atoms with E-state index in [1.54, 1.807) is 0 Å². The Morgan fingerprint density at radius 3 is 0.600 bits per heavy atom. The van der Waals surface area contributed by atoms with Crippen LogP contribution in [-0.4, -0.2) is 25.2 Å². The third-order valence-electron chi connectivity index (χ3n) is 0. The monoisotopic (exact) mass is 242 g/mol. The maximum absolute atomic E-state index is 0. The summed E-state index contributed by atoms with van der Waals surface area (Å²) in [5.74, 6) is 0. The van der Waals surface area contributed by atoms with E-state index in [2.05, 4.69) is 0 Å². The van der Waals surface area contributed by atoms with Crippen molar-refractivity contribution in [1.82, 2.24) is 0 Å². The molecule has 0 spiro atoms. The summed E-state index contributed by atoms with van der Waals surface area (Å²) in [6.45, 7) is 0. The van der Waals surface area contributed by atoms with E-state index < -0.39 is 0 Å². The van der Waals surface area contributed by atoms with Gasteiger partial charge in [0.2, 0.25) is 0 Å². The molecule has 0 bridgehead atoms. The molecule has 0 rings (SSSR count). The largest absolute Gasteiger partial charge is 0.693 e. The maximum atomic E-state index is 0. The van der Waals surface area contributed by atoms with E-state index in [0.717, 1.165) is 0 Å². The van der Waals surface area contributed by atoms with Crippen molar-refractivity contribution in [3.8, 4) is 0 Å². The zero-order valence-electron chi connectivity index (χ0n) is 2.64. The second-order valence-corrected chi connectivity index (χ2v) is 0. The van der Waals surface area contributed by atoms with Crippen molar-refractivity contribution in [1.29, 1.82) is 0 Å². The molecule has 5 heteroatoms. The van der Waals surface area contributed by atoms with E-state index in [4.69, 9.17) is 0 Å². The second-order valence-electron chi connectivity index (χ2n) is 0. The fourth-order valence-corrected chi connectivity index (χ4v) is 0. The van der Waals surface area contributed by atoms with Gasteiger partial charge in [-0.3, -0.25) is 0 Å². The minimum atomic E-state index is 0. The van der Waals surface area contributed by atoms with Crippen LogP contribution in [0.3, 0.4) is 0 Å². The van der Waals surface area contributed by atoms with Crippen molar-refractivity contribution in [3.05, 3.63) is 6.15 Å². The van der Waals surface area contributed by atoms with Crippen molar-refractivity contribution >= 4 is 25.2 Å². The van der Waals surface area contributed by atoms with Crippen LogP contribution in [0.5, 0.6) is 0 Å². The molecule has 0 saturated carbocycles. The Labute approximate surface area is 51.9 Å². The van der Waals surface area contributed by atoms with Gasteiger partial charge in [-0.2, -0.15) is 0 Å². The van der Waals surface area contributed by atoms with Gasteiger partial charge in [0.25, 0.3) is 0 Å². The van der Waals surface area contributed by atoms with Gasteiger partial charge in [0.15, 0.2) is 0 Å². The normalized spacial score (nSPS) is 0. The Morgan fingerprint density at radius 2 is 0.600 bits per heavy atom. The van der Waals surface area contributed by atoms with Gasteiger partial charge in [-0.1, -0.05) is 0 Å². The van der Waals surface area contributed by atoms with E-state index in [9.17, 15) is 0 Å². The predicted octanol–water partition coefficient (Wildman–Crippen LogP) is -0.428. The van der Waals surface area contributed by atoms with E-state index in [1.807, 2.05) is 0 Å². The van der Waals surface area contributed by atoms with E-state index >= 15 is 0 Å². The summed E-state index contributed by atoms with van der Waals surface area (Å²) in [6.07, 6.45) is 0. The zero-order valence-corrected chi connectivity index (χ0v) is 5.04. The first kappa shape index (κ1) is 207. The average molecular weight is 241 g/mol. The minimum Gasteiger partial charge on any atom is -0.693 e. The van der Waals surface area contributed by atoms with Gasteiger partial charge in [-0.25, -0.2) is 0 Å². The van der Waals surface area contributed by atoms with E-state index in [-0.39, 0.29) is 51.5 Å². The van der Waals surface area contributed by atoms with E-state index in [0.29, 0.717) is 0 Å². The van der Waals surface area contributed by atoms with Crippen molar-refractivity contribution in [3.63, 3.8) is 0 Å².